The van der Waals surface area contributed by atoms with Gasteiger partial charge < -0.3 is 26.4 Å². The maximum absolute atomic E-state index is 13.9. The molecule has 222 valence electrons. The van der Waals surface area contributed by atoms with Gasteiger partial charge in [0.25, 0.3) is 11.8 Å². The van der Waals surface area contributed by atoms with E-state index in [2.05, 4.69) is 10.6 Å². The van der Waals surface area contributed by atoms with E-state index in [-0.39, 0.29) is 53.0 Å². The Morgan fingerprint density at radius 1 is 1.02 bits per heavy atom. The molecule has 4 amide bonds. The number of hydrogen-bond donors (Lipinski definition) is 4. The third kappa shape index (κ3) is 9.07. The van der Waals surface area contributed by atoms with Crippen molar-refractivity contribution in [1.29, 1.82) is 0 Å². The predicted octanol–water partition coefficient (Wildman–Crippen LogP) is 3.09. The number of aliphatic hydroxyl groups excluding tert-OH is 1. The maximum Gasteiger partial charge on any atom is 0.253 e. The van der Waals surface area contributed by atoms with E-state index in [1.54, 1.807) is 4.90 Å². The SMILES string of the molecule is CCCN(CCC)C(=O)c1cc(C(N)=O)cc(C(=O)NC(Cc2cc(F)cc(F)c2)C(O)CCC2CCC(=O)N2)c1. The van der Waals surface area contributed by atoms with Crippen molar-refractivity contribution < 1.29 is 33.1 Å². The predicted molar refractivity (Wildman–Crippen MR) is 149 cm³/mol. The number of carbonyl (C=O) groups excluding carboxylic acids is 4. The number of aliphatic hydroxyl groups is 1. The maximum atomic E-state index is 13.9. The van der Waals surface area contributed by atoms with E-state index in [0.717, 1.165) is 31.0 Å². The number of rotatable bonds is 14. The number of hydrogen-bond acceptors (Lipinski definition) is 5. The molecule has 11 heteroatoms. The van der Waals surface area contributed by atoms with Crippen LogP contribution in [0.4, 0.5) is 8.78 Å². The lowest BCUT2D eigenvalue weighted by Crippen LogP contribution is -2.45. The first-order valence-corrected chi connectivity index (χ1v) is 14.0. The number of nitrogens with two attached hydrogens (primary N) is 1. The van der Waals surface area contributed by atoms with E-state index in [4.69, 9.17) is 5.73 Å². The van der Waals surface area contributed by atoms with E-state index in [1.165, 1.54) is 18.2 Å². The summed E-state index contributed by atoms with van der Waals surface area (Å²) in [6.07, 6.45) is 1.88. The van der Waals surface area contributed by atoms with Gasteiger partial charge in [-0.2, -0.15) is 0 Å². The summed E-state index contributed by atoms with van der Waals surface area (Å²) >= 11 is 0. The van der Waals surface area contributed by atoms with Crippen LogP contribution in [0.5, 0.6) is 0 Å². The fourth-order valence-corrected chi connectivity index (χ4v) is 5.05. The molecule has 0 radical (unpaired) electrons. The molecule has 0 spiro atoms. The zero-order chi connectivity index (χ0) is 30.1. The standard InChI is InChI=1S/C30H38F2N4O5/c1-3-9-36(10-4-2)30(41)21-15-19(28(33)39)14-20(16-21)29(40)35-25(13-18-11-22(31)17-23(32)12-18)26(37)7-5-24-6-8-27(38)34-24/h11-12,14-17,24-26,37H,3-10,13H2,1-2H3,(H2,33,39)(H,34,38)(H,35,40). The number of halogens is 2. The molecule has 5 N–H and O–H groups in total. The molecule has 3 atom stereocenters. The third-order valence-electron chi connectivity index (χ3n) is 7.06. The van der Waals surface area contributed by atoms with Crippen LogP contribution in [0.3, 0.4) is 0 Å². The fraction of sp³-hybridized carbons (Fsp3) is 0.467. The number of amides is 4. The first kappa shape index (κ1) is 31.7. The molecule has 3 unspecified atom stereocenters. The normalized spacial score (nSPS) is 16.1. The Morgan fingerprint density at radius 2 is 1.63 bits per heavy atom. The Balaban J connectivity index is 1.88. The Kier molecular flexibility index (Phi) is 11.3. The van der Waals surface area contributed by atoms with Crippen molar-refractivity contribution in [1.82, 2.24) is 15.5 Å². The first-order valence-electron chi connectivity index (χ1n) is 14.0. The molecule has 2 aromatic carbocycles. The second-order valence-corrected chi connectivity index (χ2v) is 10.5. The number of nitrogens with one attached hydrogen (secondary N) is 2. The zero-order valence-corrected chi connectivity index (χ0v) is 23.4. The zero-order valence-electron chi connectivity index (χ0n) is 23.4. The Bertz CT molecular complexity index is 1250. The molecular weight excluding hydrogens is 534 g/mol. The van der Waals surface area contributed by atoms with Crippen LogP contribution in [0.25, 0.3) is 0 Å². The minimum absolute atomic E-state index is 0.0247. The van der Waals surface area contributed by atoms with Gasteiger partial charge in [-0.1, -0.05) is 13.8 Å². The van der Waals surface area contributed by atoms with Crippen LogP contribution in [-0.2, 0) is 11.2 Å². The van der Waals surface area contributed by atoms with Gasteiger partial charge in [0.15, 0.2) is 0 Å². The summed E-state index contributed by atoms with van der Waals surface area (Å²) in [6, 6.07) is 5.84. The van der Waals surface area contributed by atoms with E-state index in [9.17, 15) is 33.1 Å². The summed E-state index contributed by atoms with van der Waals surface area (Å²) in [7, 11) is 0. The summed E-state index contributed by atoms with van der Waals surface area (Å²) in [4.78, 5) is 51.9. The molecule has 1 aliphatic rings. The van der Waals surface area contributed by atoms with Gasteiger partial charge in [0.1, 0.15) is 11.6 Å². The van der Waals surface area contributed by atoms with Crippen LogP contribution in [0.15, 0.2) is 36.4 Å². The smallest absolute Gasteiger partial charge is 0.253 e. The third-order valence-corrected chi connectivity index (χ3v) is 7.06. The van der Waals surface area contributed by atoms with Crippen LogP contribution in [0.2, 0.25) is 0 Å². The molecule has 2 aromatic rings. The molecule has 0 bridgehead atoms. The van der Waals surface area contributed by atoms with E-state index in [0.29, 0.717) is 32.4 Å². The lowest BCUT2D eigenvalue weighted by Gasteiger charge is -2.26. The van der Waals surface area contributed by atoms with Gasteiger partial charge >= 0.3 is 0 Å². The summed E-state index contributed by atoms with van der Waals surface area (Å²) in [5.41, 5.74) is 5.78. The summed E-state index contributed by atoms with van der Waals surface area (Å²) in [5, 5.41) is 16.6. The minimum Gasteiger partial charge on any atom is -0.391 e. The van der Waals surface area contributed by atoms with Crippen molar-refractivity contribution in [3.63, 3.8) is 0 Å². The van der Waals surface area contributed by atoms with Crippen molar-refractivity contribution in [2.24, 2.45) is 5.73 Å². The first-order chi connectivity index (χ1) is 19.5. The molecular formula is C30H38F2N4O5. The molecule has 1 heterocycles. The quantitative estimate of drug-likeness (QED) is 0.275. The van der Waals surface area contributed by atoms with Crippen molar-refractivity contribution in [3.05, 3.63) is 70.3 Å². The lowest BCUT2D eigenvalue weighted by molar-refractivity contribution is -0.119. The van der Waals surface area contributed by atoms with Crippen molar-refractivity contribution >= 4 is 23.6 Å². The number of benzene rings is 2. The van der Waals surface area contributed by atoms with E-state index >= 15 is 0 Å². The lowest BCUT2D eigenvalue weighted by atomic mass is 9.95. The highest BCUT2D eigenvalue weighted by Crippen LogP contribution is 2.19. The molecule has 1 fully saturated rings. The van der Waals surface area contributed by atoms with Gasteiger partial charge in [0.05, 0.1) is 12.1 Å². The van der Waals surface area contributed by atoms with Crippen LogP contribution in [0, 0.1) is 11.6 Å². The van der Waals surface area contributed by atoms with Crippen LogP contribution in [-0.4, -0.2) is 64.9 Å². The second kappa shape index (κ2) is 14.7. The molecule has 1 aliphatic heterocycles. The monoisotopic (exact) mass is 572 g/mol. The second-order valence-electron chi connectivity index (χ2n) is 10.5. The van der Waals surface area contributed by atoms with Gasteiger partial charge in [-0.05, 0) is 74.4 Å². The summed E-state index contributed by atoms with van der Waals surface area (Å²) in [5.74, 6) is -3.54. The van der Waals surface area contributed by atoms with Gasteiger partial charge in [-0.15, -0.1) is 0 Å². The van der Waals surface area contributed by atoms with Crippen molar-refractivity contribution in [2.45, 2.75) is 77.0 Å². The average molecular weight is 573 g/mol. The molecule has 9 nitrogen and oxygen atoms in total. The largest absolute Gasteiger partial charge is 0.391 e. The molecule has 41 heavy (non-hydrogen) atoms. The van der Waals surface area contributed by atoms with Gasteiger partial charge in [-0.3, -0.25) is 19.2 Å². The van der Waals surface area contributed by atoms with Crippen molar-refractivity contribution in [3.8, 4) is 0 Å². The van der Waals surface area contributed by atoms with Crippen LogP contribution in [0.1, 0.15) is 89.0 Å². The highest BCUT2D eigenvalue weighted by Gasteiger charge is 2.27. The Morgan fingerprint density at radius 3 is 2.20 bits per heavy atom. The van der Waals surface area contributed by atoms with Crippen LogP contribution >= 0.6 is 0 Å². The molecule has 3 rings (SSSR count). The molecule has 0 aromatic heterocycles. The molecule has 0 saturated carbocycles. The fourth-order valence-electron chi connectivity index (χ4n) is 5.05. The van der Waals surface area contributed by atoms with Crippen molar-refractivity contribution in [2.75, 3.05) is 13.1 Å². The van der Waals surface area contributed by atoms with Gasteiger partial charge in [-0.25, -0.2) is 8.78 Å². The number of primary amides is 1. The van der Waals surface area contributed by atoms with Crippen LogP contribution < -0.4 is 16.4 Å². The summed E-state index contributed by atoms with van der Waals surface area (Å²) in [6.45, 7) is 4.86. The van der Waals surface area contributed by atoms with E-state index < -0.39 is 35.6 Å². The van der Waals surface area contributed by atoms with Gasteiger partial charge in [0.2, 0.25) is 11.8 Å². The Labute approximate surface area is 238 Å². The highest BCUT2D eigenvalue weighted by molar-refractivity contribution is 6.04. The Hall–Kier alpha value is -3.86. The van der Waals surface area contributed by atoms with Gasteiger partial charge in [0, 0.05) is 48.3 Å². The number of nitrogens with zero attached hydrogens (tertiary/aromatic N) is 1. The minimum atomic E-state index is -1.13. The average Bonchev–Trinajstić information content (AvgIpc) is 3.34. The number of carbonyl (C=O) groups is 4. The summed E-state index contributed by atoms with van der Waals surface area (Å²) < 4.78 is 27.8. The molecule has 1 saturated heterocycles. The van der Waals surface area contributed by atoms with E-state index in [1.807, 2.05) is 13.8 Å². The topological polar surface area (TPSA) is 142 Å². The highest BCUT2D eigenvalue weighted by atomic mass is 19.1. The molecule has 0 aliphatic carbocycles.